The van der Waals surface area contributed by atoms with E-state index < -0.39 is 5.97 Å². The molecule has 1 aromatic heterocycles. The summed E-state index contributed by atoms with van der Waals surface area (Å²) in [6.07, 6.45) is 1.25. The Morgan fingerprint density at radius 2 is 1.75 bits per heavy atom. The molecule has 6 nitrogen and oxygen atoms in total. The number of piperidine rings is 1. The zero-order chi connectivity index (χ0) is 20.3. The molecule has 1 saturated heterocycles. The number of hydrogen-bond donors (Lipinski definition) is 0. The average Bonchev–Trinajstić information content (AvgIpc) is 2.94. The smallest absolute Gasteiger partial charge is 0.310 e. The minimum Gasteiger partial charge on any atom is -0.455 e. The van der Waals surface area contributed by atoms with Crippen molar-refractivity contribution in [2.75, 3.05) is 19.7 Å². The van der Waals surface area contributed by atoms with Gasteiger partial charge in [-0.1, -0.05) is 32.0 Å². The van der Waals surface area contributed by atoms with Crippen LogP contribution in [0.3, 0.4) is 0 Å². The van der Waals surface area contributed by atoms with Crippen LogP contribution in [0.5, 0.6) is 0 Å². The lowest BCUT2D eigenvalue weighted by Crippen LogP contribution is -2.44. The fourth-order valence-electron chi connectivity index (χ4n) is 4.05. The molecule has 2 aromatic rings. The molecule has 0 spiro atoms. The standard InChI is InChI=1S/C22H29N3O3/c1-15-10-16(2)13-24(12-15)21(26)14-28-22(27)11-20-17(3)23-25(18(20)4)19-8-6-5-7-9-19/h5-9,15-16H,10-14H2,1-4H3/t15-,16-/m0/s1. The van der Waals surface area contributed by atoms with Crippen molar-refractivity contribution in [1.82, 2.24) is 14.7 Å². The van der Waals surface area contributed by atoms with Crippen LogP contribution in [0.15, 0.2) is 30.3 Å². The van der Waals surface area contributed by atoms with Crippen LogP contribution in [0.4, 0.5) is 0 Å². The SMILES string of the molecule is Cc1nn(-c2ccccc2)c(C)c1CC(=O)OCC(=O)N1C[C@@H](C)C[C@H](C)C1. The van der Waals surface area contributed by atoms with Crippen molar-refractivity contribution in [1.29, 1.82) is 0 Å². The van der Waals surface area contributed by atoms with Crippen LogP contribution < -0.4 is 0 Å². The van der Waals surface area contributed by atoms with Gasteiger partial charge in [-0.2, -0.15) is 5.10 Å². The number of hydrogen-bond acceptors (Lipinski definition) is 4. The number of carbonyl (C=O) groups is 2. The number of nitrogens with zero attached hydrogens (tertiary/aromatic N) is 3. The normalized spacial score (nSPS) is 19.5. The van der Waals surface area contributed by atoms with Gasteiger partial charge in [-0.05, 0) is 44.2 Å². The van der Waals surface area contributed by atoms with Crippen LogP contribution >= 0.6 is 0 Å². The lowest BCUT2D eigenvalue weighted by atomic mass is 9.92. The van der Waals surface area contributed by atoms with E-state index in [1.807, 2.05) is 53.8 Å². The van der Waals surface area contributed by atoms with E-state index in [1.54, 1.807) is 0 Å². The molecule has 6 heteroatoms. The molecule has 0 radical (unpaired) electrons. The molecule has 1 amide bonds. The van der Waals surface area contributed by atoms with Crippen molar-refractivity contribution >= 4 is 11.9 Å². The number of carbonyl (C=O) groups excluding carboxylic acids is 2. The summed E-state index contributed by atoms with van der Waals surface area (Å²) in [5.41, 5.74) is 3.50. The second-order valence-corrected chi connectivity index (χ2v) is 7.98. The third-order valence-electron chi connectivity index (χ3n) is 5.34. The molecule has 1 aromatic carbocycles. The monoisotopic (exact) mass is 383 g/mol. The molecule has 1 aliphatic rings. The number of ether oxygens (including phenoxy) is 1. The molecule has 0 saturated carbocycles. The summed E-state index contributed by atoms with van der Waals surface area (Å²) in [6, 6.07) is 9.80. The summed E-state index contributed by atoms with van der Waals surface area (Å²) in [6.45, 7) is 9.42. The second kappa shape index (κ2) is 8.59. The van der Waals surface area contributed by atoms with Gasteiger partial charge in [0.1, 0.15) is 0 Å². The zero-order valence-corrected chi connectivity index (χ0v) is 17.1. The predicted molar refractivity (Wildman–Crippen MR) is 107 cm³/mol. The van der Waals surface area contributed by atoms with Gasteiger partial charge in [0.2, 0.25) is 0 Å². The summed E-state index contributed by atoms with van der Waals surface area (Å²) in [5.74, 6) is 0.459. The number of rotatable bonds is 5. The maximum atomic E-state index is 12.4. The average molecular weight is 383 g/mol. The molecular weight excluding hydrogens is 354 g/mol. The number of amides is 1. The lowest BCUT2D eigenvalue weighted by molar-refractivity contribution is -0.152. The van der Waals surface area contributed by atoms with E-state index >= 15 is 0 Å². The highest BCUT2D eigenvalue weighted by atomic mass is 16.5. The maximum Gasteiger partial charge on any atom is 0.310 e. The first-order valence-corrected chi connectivity index (χ1v) is 9.89. The second-order valence-electron chi connectivity index (χ2n) is 7.98. The van der Waals surface area contributed by atoms with E-state index in [-0.39, 0.29) is 18.9 Å². The van der Waals surface area contributed by atoms with Crippen molar-refractivity contribution in [3.63, 3.8) is 0 Å². The molecule has 1 fully saturated rings. The molecule has 0 N–H and O–H groups in total. The number of benzene rings is 1. The molecule has 1 aliphatic heterocycles. The molecule has 2 heterocycles. The Bertz CT molecular complexity index is 834. The van der Waals surface area contributed by atoms with Gasteiger partial charge < -0.3 is 9.64 Å². The summed E-state index contributed by atoms with van der Waals surface area (Å²) in [5, 5.41) is 4.55. The first kappa shape index (κ1) is 20.1. The van der Waals surface area contributed by atoms with E-state index in [1.165, 1.54) is 0 Å². The number of esters is 1. The van der Waals surface area contributed by atoms with Crippen LogP contribution in [0.1, 0.15) is 37.2 Å². The number of aryl methyl sites for hydroxylation is 1. The Morgan fingerprint density at radius 3 is 2.39 bits per heavy atom. The van der Waals surface area contributed by atoms with Gasteiger partial charge in [-0.15, -0.1) is 0 Å². The van der Waals surface area contributed by atoms with Gasteiger partial charge in [0.05, 0.1) is 17.8 Å². The summed E-state index contributed by atoms with van der Waals surface area (Å²) in [7, 11) is 0. The maximum absolute atomic E-state index is 12.4. The fourth-order valence-corrected chi connectivity index (χ4v) is 4.05. The van der Waals surface area contributed by atoms with Crippen LogP contribution in [0.25, 0.3) is 5.69 Å². The van der Waals surface area contributed by atoms with Crippen molar-refractivity contribution < 1.29 is 14.3 Å². The fraction of sp³-hybridized carbons (Fsp3) is 0.500. The summed E-state index contributed by atoms with van der Waals surface area (Å²) in [4.78, 5) is 26.6. The van der Waals surface area contributed by atoms with Crippen LogP contribution in [-0.4, -0.2) is 46.3 Å². The van der Waals surface area contributed by atoms with Gasteiger partial charge >= 0.3 is 5.97 Å². The molecule has 150 valence electrons. The van der Waals surface area contributed by atoms with Crippen molar-refractivity contribution in [2.24, 2.45) is 11.8 Å². The minimum atomic E-state index is -0.398. The van der Waals surface area contributed by atoms with E-state index in [4.69, 9.17) is 4.74 Å². The summed E-state index contributed by atoms with van der Waals surface area (Å²) < 4.78 is 7.12. The third kappa shape index (κ3) is 4.61. The topological polar surface area (TPSA) is 64.4 Å². The predicted octanol–water partition coefficient (Wildman–Crippen LogP) is 3.08. The zero-order valence-electron chi connectivity index (χ0n) is 17.1. The van der Waals surface area contributed by atoms with E-state index in [0.717, 1.165) is 42.1 Å². The lowest BCUT2D eigenvalue weighted by Gasteiger charge is -2.34. The highest BCUT2D eigenvalue weighted by molar-refractivity contribution is 5.81. The highest BCUT2D eigenvalue weighted by Gasteiger charge is 2.26. The Labute approximate surface area is 166 Å². The van der Waals surface area contributed by atoms with E-state index in [9.17, 15) is 9.59 Å². The number of likely N-dealkylation sites (tertiary alicyclic amines) is 1. The van der Waals surface area contributed by atoms with Gasteiger partial charge in [-0.3, -0.25) is 9.59 Å². The largest absolute Gasteiger partial charge is 0.455 e. The van der Waals surface area contributed by atoms with Gasteiger partial charge in [0.25, 0.3) is 5.91 Å². The molecular formula is C22H29N3O3. The van der Waals surface area contributed by atoms with E-state index in [2.05, 4.69) is 18.9 Å². The van der Waals surface area contributed by atoms with Crippen LogP contribution in [0, 0.1) is 25.7 Å². The van der Waals surface area contributed by atoms with Crippen LogP contribution in [-0.2, 0) is 20.7 Å². The Hall–Kier alpha value is -2.63. The highest BCUT2D eigenvalue weighted by Crippen LogP contribution is 2.21. The first-order valence-electron chi connectivity index (χ1n) is 9.89. The van der Waals surface area contributed by atoms with Crippen molar-refractivity contribution in [3.8, 4) is 5.69 Å². The molecule has 0 unspecified atom stereocenters. The molecule has 0 aliphatic carbocycles. The van der Waals surface area contributed by atoms with Gasteiger partial charge in [-0.25, -0.2) is 4.68 Å². The van der Waals surface area contributed by atoms with E-state index in [0.29, 0.717) is 11.8 Å². The first-order chi connectivity index (χ1) is 13.3. The molecule has 3 rings (SSSR count). The minimum absolute atomic E-state index is 0.111. The number of para-hydroxylation sites is 1. The number of aromatic nitrogens is 2. The summed E-state index contributed by atoms with van der Waals surface area (Å²) >= 11 is 0. The third-order valence-corrected chi connectivity index (χ3v) is 5.34. The van der Waals surface area contributed by atoms with Crippen molar-refractivity contribution in [3.05, 3.63) is 47.3 Å². The van der Waals surface area contributed by atoms with Crippen LogP contribution in [0.2, 0.25) is 0 Å². The Balaban J connectivity index is 1.59. The van der Waals surface area contributed by atoms with Crippen molar-refractivity contribution in [2.45, 2.75) is 40.5 Å². The molecule has 0 bridgehead atoms. The quantitative estimate of drug-likeness (QED) is 0.745. The van der Waals surface area contributed by atoms with Gasteiger partial charge in [0.15, 0.2) is 6.61 Å². The molecule has 2 atom stereocenters. The Kier molecular flexibility index (Phi) is 6.17. The Morgan fingerprint density at radius 1 is 1.11 bits per heavy atom. The van der Waals surface area contributed by atoms with Gasteiger partial charge in [0, 0.05) is 24.3 Å². The molecule has 28 heavy (non-hydrogen) atoms.